The van der Waals surface area contributed by atoms with Gasteiger partial charge in [-0.05, 0) is 50.6 Å². The van der Waals surface area contributed by atoms with E-state index in [9.17, 15) is 4.39 Å². The number of guanidine groups is 1. The van der Waals surface area contributed by atoms with Crippen molar-refractivity contribution in [2.45, 2.75) is 39.3 Å². The first kappa shape index (κ1) is 23.0. The standard InChI is InChI=1S/C19H32FN5.HI/c1-5-21-19(23-14-16-8-7-11-25(16)6-2)22-13-15-9-10-18(24(3)4)17(20)12-15;/h9-10,12,16H,5-8,11,13-14H2,1-4H3,(H2,21,22,23);1H. The van der Waals surface area contributed by atoms with Gasteiger partial charge in [0, 0.05) is 33.2 Å². The molecule has 1 aliphatic heterocycles. The first-order valence-electron chi connectivity index (χ1n) is 9.27. The van der Waals surface area contributed by atoms with E-state index in [1.165, 1.54) is 19.4 Å². The number of hydrogen-bond acceptors (Lipinski definition) is 3. The summed E-state index contributed by atoms with van der Waals surface area (Å²) in [5, 5.41) is 6.71. The van der Waals surface area contributed by atoms with Crippen molar-refractivity contribution in [3.63, 3.8) is 0 Å². The number of anilines is 1. The van der Waals surface area contributed by atoms with Crippen LogP contribution in [0.25, 0.3) is 0 Å². The van der Waals surface area contributed by atoms with Crippen molar-refractivity contribution in [1.29, 1.82) is 0 Å². The first-order chi connectivity index (χ1) is 12.0. The minimum absolute atomic E-state index is 0. The van der Waals surface area contributed by atoms with Crippen molar-refractivity contribution in [3.8, 4) is 0 Å². The van der Waals surface area contributed by atoms with Gasteiger partial charge in [-0.3, -0.25) is 4.90 Å². The van der Waals surface area contributed by atoms with Crippen molar-refractivity contribution in [2.24, 2.45) is 4.99 Å². The van der Waals surface area contributed by atoms with Gasteiger partial charge in [-0.15, -0.1) is 24.0 Å². The molecule has 5 nitrogen and oxygen atoms in total. The Morgan fingerprint density at radius 3 is 2.69 bits per heavy atom. The fraction of sp³-hybridized carbons (Fsp3) is 0.632. The Kier molecular flexibility index (Phi) is 10.2. The normalized spacial score (nSPS) is 17.7. The topological polar surface area (TPSA) is 42.9 Å². The summed E-state index contributed by atoms with van der Waals surface area (Å²) in [6.07, 6.45) is 2.50. The van der Waals surface area contributed by atoms with Gasteiger partial charge in [0.25, 0.3) is 0 Å². The molecule has 26 heavy (non-hydrogen) atoms. The van der Waals surface area contributed by atoms with Crippen LogP contribution in [0.5, 0.6) is 0 Å². The lowest BCUT2D eigenvalue weighted by Crippen LogP contribution is -2.44. The van der Waals surface area contributed by atoms with Crippen LogP contribution in [0.1, 0.15) is 32.3 Å². The molecule has 1 aliphatic rings. The summed E-state index contributed by atoms with van der Waals surface area (Å²) in [5.74, 6) is 0.586. The largest absolute Gasteiger partial charge is 0.375 e. The van der Waals surface area contributed by atoms with E-state index >= 15 is 0 Å². The van der Waals surface area contributed by atoms with Crippen molar-refractivity contribution in [2.75, 3.05) is 45.2 Å². The third-order valence-corrected chi connectivity index (χ3v) is 4.67. The quantitative estimate of drug-likeness (QED) is 0.360. The minimum atomic E-state index is -0.208. The van der Waals surface area contributed by atoms with Gasteiger partial charge in [0.05, 0.1) is 12.2 Å². The average molecular weight is 477 g/mol. The van der Waals surface area contributed by atoms with Gasteiger partial charge in [-0.1, -0.05) is 13.0 Å². The van der Waals surface area contributed by atoms with E-state index in [2.05, 4.69) is 34.4 Å². The van der Waals surface area contributed by atoms with Gasteiger partial charge in [0.2, 0.25) is 0 Å². The second-order valence-corrected chi connectivity index (χ2v) is 6.68. The second-order valence-electron chi connectivity index (χ2n) is 6.68. The maximum absolute atomic E-state index is 14.1. The molecule has 0 bridgehead atoms. The highest BCUT2D eigenvalue weighted by molar-refractivity contribution is 14.0. The molecule has 1 fully saturated rings. The molecular formula is C19H33FIN5. The van der Waals surface area contributed by atoms with Gasteiger partial charge < -0.3 is 15.5 Å². The number of benzene rings is 1. The van der Waals surface area contributed by atoms with E-state index < -0.39 is 0 Å². The summed E-state index contributed by atoms with van der Waals surface area (Å²) in [6.45, 7) is 8.71. The lowest BCUT2D eigenvalue weighted by atomic mass is 10.2. The molecule has 0 saturated carbocycles. The highest BCUT2D eigenvalue weighted by Gasteiger charge is 2.22. The van der Waals surface area contributed by atoms with Crippen LogP contribution in [0.4, 0.5) is 10.1 Å². The van der Waals surface area contributed by atoms with Gasteiger partial charge in [-0.25, -0.2) is 9.38 Å². The van der Waals surface area contributed by atoms with Crippen LogP contribution in [-0.4, -0.2) is 57.2 Å². The Bertz CT molecular complexity index is 579. The molecule has 2 rings (SSSR count). The molecule has 1 heterocycles. The molecule has 1 atom stereocenters. The number of halogens is 2. The maximum Gasteiger partial charge on any atom is 0.191 e. The number of aliphatic imine (C=N–C) groups is 1. The molecule has 7 heteroatoms. The van der Waals surface area contributed by atoms with Crippen LogP contribution >= 0.6 is 24.0 Å². The average Bonchev–Trinajstić information content (AvgIpc) is 3.04. The number of hydrogen-bond donors (Lipinski definition) is 2. The highest BCUT2D eigenvalue weighted by atomic mass is 127. The SMILES string of the molecule is CCNC(=NCc1ccc(N(C)C)c(F)c1)NCC1CCCN1CC.I. The van der Waals surface area contributed by atoms with Crippen LogP contribution in [0.3, 0.4) is 0 Å². The number of rotatable bonds is 7. The van der Waals surface area contributed by atoms with E-state index in [4.69, 9.17) is 0 Å². The first-order valence-corrected chi connectivity index (χ1v) is 9.27. The van der Waals surface area contributed by atoms with Gasteiger partial charge in [-0.2, -0.15) is 0 Å². The van der Waals surface area contributed by atoms with Crippen LogP contribution in [0.2, 0.25) is 0 Å². The van der Waals surface area contributed by atoms with Crippen LogP contribution in [-0.2, 0) is 6.54 Å². The molecule has 1 saturated heterocycles. The Morgan fingerprint density at radius 1 is 1.31 bits per heavy atom. The van der Waals surface area contributed by atoms with E-state index in [0.29, 0.717) is 18.3 Å². The molecular weight excluding hydrogens is 444 g/mol. The van der Waals surface area contributed by atoms with Crippen LogP contribution < -0.4 is 15.5 Å². The highest BCUT2D eigenvalue weighted by Crippen LogP contribution is 2.19. The number of nitrogens with one attached hydrogen (secondary N) is 2. The zero-order chi connectivity index (χ0) is 18.2. The second kappa shape index (κ2) is 11.6. The molecule has 1 aromatic rings. The smallest absolute Gasteiger partial charge is 0.191 e. The molecule has 0 amide bonds. The molecule has 0 aromatic heterocycles. The Hall–Kier alpha value is -1.09. The van der Waals surface area contributed by atoms with Gasteiger partial charge in [0.15, 0.2) is 5.96 Å². The number of nitrogens with zero attached hydrogens (tertiary/aromatic N) is 3. The zero-order valence-corrected chi connectivity index (χ0v) is 18.7. The third-order valence-electron chi connectivity index (χ3n) is 4.67. The lowest BCUT2D eigenvalue weighted by molar-refractivity contribution is 0.267. The zero-order valence-electron chi connectivity index (χ0n) is 16.4. The molecule has 0 spiro atoms. The Morgan fingerprint density at radius 2 is 2.08 bits per heavy atom. The van der Waals surface area contributed by atoms with Crippen LogP contribution in [0, 0.1) is 5.82 Å². The van der Waals surface area contributed by atoms with E-state index in [0.717, 1.165) is 31.2 Å². The molecule has 0 aliphatic carbocycles. The van der Waals surface area contributed by atoms with Crippen LogP contribution in [0.15, 0.2) is 23.2 Å². The van der Waals surface area contributed by atoms with Gasteiger partial charge in [0.1, 0.15) is 5.82 Å². The molecule has 1 unspecified atom stereocenters. The maximum atomic E-state index is 14.1. The van der Waals surface area contributed by atoms with Crippen molar-refractivity contribution in [1.82, 2.24) is 15.5 Å². The number of likely N-dealkylation sites (N-methyl/N-ethyl adjacent to an activating group) is 1. The van der Waals surface area contributed by atoms with Gasteiger partial charge >= 0.3 is 0 Å². The minimum Gasteiger partial charge on any atom is -0.375 e. The summed E-state index contributed by atoms with van der Waals surface area (Å²) in [5.41, 5.74) is 1.47. The predicted molar refractivity (Wildman–Crippen MR) is 119 cm³/mol. The van der Waals surface area contributed by atoms with Crippen molar-refractivity contribution in [3.05, 3.63) is 29.6 Å². The van der Waals surface area contributed by atoms with E-state index in [1.807, 2.05) is 20.2 Å². The molecule has 2 N–H and O–H groups in total. The Labute approximate surface area is 174 Å². The molecule has 1 aromatic carbocycles. The summed E-state index contributed by atoms with van der Waals surface area (Å²) in [7, 11) is 3.68. The van der Waals surface area contributed by atoms with E-state index in [1.54, 1.807) is 17.0 Å². The fourth-order valence-corrected chi connectivity index (χ4v) is 3.28. The van der Waals surface area contributed by atoms with Crippen molar-refractivity contribution < 1.29 is 4.39 Å². The number of likely N-dealkylation sites (tertiary alicyclic amines) is 1. The molecule has 0 radical (unpaired) electrons. The lowest BCUT2D eigenvalue weighted by Gasteiger charge is -2.24. The summed E-state index contributed by atoms with van der Waals surface area (Å²) in [6, 6.07) is 5.88. The summed E-state index contributed by atoms with van der Waals surface area (Å²) < 4.78 is 14.1. The molecule has 148 valence electrons. The predicted octanol–water partition coefficient (Wildman–Crippen LogP) is 3.05. The van der Waals surface area contributed by atoms with Crippen molar-refractivity contribution >= 4 is 35.6 Å². The summed E-state index contributed by atoms with van der Waals surface area (Å²) in [4.78, 5) is 8.89. The fourth-order valence-electron chi connectivity index (χ4n) is 3.28. The Balaban J connectivity index is 0.00000338. The van der Waals surface area contributed by atoms with E-state index in [-0.39, 0.29) is 29.8 Å². The third kappa shape index (κ3) is 6.57. The monoisotopic (exact) mass is 477 g/mol. The summed E-state index contributed by atoms with van der Waals surface area (Å²) >= 11 is 0.